The van der Waals surface area contributed by atoms with Gasteiger partial charge in [-0.05, 0) is 43.7 Å². The quantitative estimate of drug-likeness (QED) is 0.498. The van der Waals surface area contributed by atoms with Gasteiger partial charge in [-0.2, -0.15) is 0 Å². The molecule has 1 aliphatic carbocycles. The number of thioether (sulfide) groups is 1. The second kappa shape index (κ2) is 8.18. The number of fused-ring (bicyclic) bond motifs is 8. The second-order valence-electron chi connectivity index (χ2n) is 8.39. The molecular weight excluding hydrogens is 442 g/mol. The molecule has 2 aromatic heterocycles. The van der Waals surface area contributed by atoms with E-state index in [1.54, 1.807) is 0 Å². The highest BCUT2D eigenvalue weighted by Crippen LogP contribution is 2.48. The minimum Gasteiger partial charge on any atom is -0.351 e. The first-order valence-electron chi connectivity index (χ1n) is 11.0. The lowest BCUT2D eigenvalue weighted by atomic mass is 9.94. The monoisotopic (exact) mass is 467 g/mol. The second-order valence-corrected chi connectivity index (χ2v) is 10.4. The molecule has 166 valence electrons. The fraction of sp³-hybridized carbons (Fsp3) is 0.409. The first-order chi connectivity index (χ1) is 15.7. The van der Waals surface area contributed by atoms with E-state index in [4.69, 9.17) is 0 Å². The molecule has 0 radical (unpaired) electrons. The lowest BCUT2D eigenvalue weighted by Gasteiger charge is -2.31. The van der Waals surface area contributed by atoms with E-state index in [0.717, 1.165) is 29.5 Å². The Labute approximate surface area is 194 Å². The van der Waals surface area contributed by atoms with Crippen LogP contribution in [-0.2, 0) is 24.2 Å². The molecule has 1 saturated heterocycles. The number of hydrogen-bond donors (Lipinski definition) is 3. The largest absolute Gasteiger partial charge is 0.351 e. The Bertz CT molecular complexity index is 1160. The van der Waals surface area contributed by atoms with Crippen molar-refractivity contribution >= 4 is 35.0 Å². The van der Waals surface area contributed by atoms with Gasteiger partial charge in [0.2, 0.25) is 11.9 Å². The number of hydrogen-bond acceptors (Lipinski definition) is 8. The van der Waals surface area contributed by atoms with E-state index in [0.29, 0.717) is 12.3 Å². The molecule has 32 heavy (non-hydrogen) atoms. The van der Waals surface area contributed by atoms with Crippen LogP contribution >= 0.6 is 23.1 Å². The number of hydrazine groups is 1. The highest BCUT2D eigenvalue weighted by atomic mass is 32.2. The summed E-state index contributed by atoms with van der Waals surface area (Å²) >= 11 is 3.30. The molecular formula is C22H25N7OS2. The third kappa shape index (κ3) is 3.42. The molecule has 8 nitrogen and oxygen atoms in total. The molecule has 2 aliphatic heterocycles. The maximum atomic E-state index is 12.5. The number of aryl methyl sites for hydroxylation is 1. The molecule has 3 N–H and O–H groups in total. The smallest absolute Gasteiger partial charge is 0.249 e. The molecule has 2 unspecified atom stereocenters. The summed E-state index contributed by atoms with van der Waals surface area (Å²) in [6.45, 7) is 2.65. The third-order valence-electron chi connectivity index (χ3n) is 6.16. The number of nitrogens with one attached hydrogen (secondary N) is 3. The van der Waals surface area contributed by atoms with E-state index in [1.807, 2.05) is 41.7 Å². The molecule has 1 amide bonds. The molecule has 4 heterocycles. The van der Waals surface area contributed by atoms with Crippen molar-refractivity contribution in [3.63, 3.8) is 0 Å². The Balaban J connectivity index is 1.26. The van der Waals surface area contributed by atoms with Gasteiger partial charge in [-0.1, -0.05) is 42.1 Å². The number of nitrogens with zero attached hydrogens (tertiary/aromatic N) is 4. The Kier molecular flexibility index (Phi) is 5.17. The minimum absolute atomic E-state index is 0.00910. The van der Waals surface area contributed by atoms with Gasteiger partial charge in [-0.25, -0.2) is 9.99 Å². The summed E-state index contributed by atoms with van der Waals surface area (Å²) in [5.74, 6) is 1.08. The number of thiophene rings is 1. The third-order valence-corrected chi connectivity index (χ3v) is 8.39. The maximum absolute atomic E-state index is 12.5. The van der Waals surface area contributed by atoms with E-state index < -0.39 is 0 Å². The van der Waals surface area contributed by atoms with Crippen molar-refractivity contribution in [1.29, 1.82) is 0 Å². The van der Waals surface area contributed by atoms with Gasteiger partial charge in [0.25, 0.3) is 0 Å². The van der Waals surface area contributed by atoms with Crippen LogP contribution in [0.4, 0.5) is 5.95 Å². The van der Waals surface area contributed by atoms with Crippen LogP contribution in [0.1, 0.15) is 47.5 Å². The Morgan fingerprint density at radius 3 is 2.97 bits per heavy atom. The van der Waals surface area contributed by atoms with Crippen LogP contribution in [0.2, 0.25) is 0 Å². The number of carbonyl (C=O) groups is 1. The average molecular weight is 468 g/mol. The Hall–Kier alpha value is -2.40. The zero-order valence-corrected chi connectivity index (χ0v) is 19.4. The molecule has 3 aliphatic rings. The van der Waals surface area contributed by atoms with Gasteiger partial charge in [0.1, 0.15) is 11.2 Å². The summed E-state index contributed by atoms with van der Waals surface area (Å²) in [5, 5.41) is 19.7. The molecule has 6 rings (SSSR count). The van der Waals surface area contributed by atoms with Crippen LogP contribution in [0.15, 0.2) is 35.5 Å². The van der Waals surface area contributed by atoms with Crippen molar-refractivity contribution in [1.82, 2.24) is 30.8 Å². The summed E-state index contributed by atoms with van der Waals surface area (Å²) in [6.07, 6.45) is 4.98. The molecule has 1 fully saturated rings. The van der Waals surface area contributed by atoms with Gasteiger partial charge in [-0.15, -0.1) is 21.5 Å². The number of aromatic nitrogens is 3. The number of anilines is 1. The SMILES string of the molecule is CC1NC2c3c(sc4c3CCCC4)-n3c(SCC(=O)NCc4ccccc4)nnc3N2N1. The van der Waals surface area contributed by atoms with Crippen molar-refractivity contribution in [3.05, 3.63) is 51.9 Å². The van der Waals surface area contributed by atoms with Crippen molar-refractivity contribution < 1.29 is 4.79 Å². The molecule has 0 bridgehead atoms. The average Bonchev–Trinajstić information content (AvgIpc) is 3.50. The minimum atomic E-state index is -0.00910. The van der Waals surface area contributed by atoms with Crippen molar-refractivity contribution in [2.24, 2.45) is 0 Å². The lowest BCUT2D eigenvalue weighted by Crippen LogP contribution is -2.40. The molecule has 2 atom stereocenters. The topological polar surface area (TPSA) is 87.1 Å². The fourth-order valence-corrected chi connectivity index (χ4v) is 6.95. The van der Waals surface area contributed by atoms with Gasteiger partial charge in [0.15, 0.2) is 5.16 Å². The Morgan fingerprint density at radius 1 is 1.25 bits per heavy atom. The van der Waals surface area contributed by atoms with Crippen molar-refractivity contribution in [2.75, 3.05) is 10.8 Å². The lowest BCUT2D eigenvalue weighted by molar-refractivity contribution is -0.118. The van der Waals surface area contributed by atoms with Crippen LogP contribution in [0.25, 0.3) is 5.00 Å². The van der Waals surface area contributed by atoms with E-state index in [9.17, 15) is 4.79 Å². The number of benzene rings is 1. The Morgan fingerprint density at radius 2 is 2.09 bits per heavy atom. The first kappa shape index (κ1) is 20.2. The van der Waals surface area contributed by atoms with Crippen LogP contribution in [0.5, 0.6) is 0 Å². The van der Waals surface area contributed by atoms with Gasteiger partial charge >= 0.3 is 0 Å². The molecule has 10 heteroatoms. The van der Waals surface area contributed by atoms with Crippen molar-refractivity contribution in [3.8, 4) is 5.00 Å². The number of carbonyl (C=O) groups excluding carboxylic acids is 1. The predicted molar refractivity (Wildman–Crippen MR) is 126 cm³/mol. The van der Waals surface area contributed by atoms with Crippen molar-refractivity contribution in [2.45, 2.75) is 56.6 Å². The van der Waals surface area contributed by atoms with Gasteiger partial charge in [-0.3, -0.25) is 15.1 Å². The number of rotatable bonds is 5. The normalized spacial score (nSPS) is 21.0. The summed E-state index contributed by atoms with van der Waals surface area (Å²) in [6, 6.07) is 9.95. The van der Waals surface area contributed by atoms with E-state index in [1.165, 1.54) is 45.6 Å². The maximum Gasteiger partial charge on any atom is 0.249 e. The summed E-state index contributed by atoms with van der Waals surface area (Å²) in [4.78, 5) is 14.0. The number of amides is 1. The first-order valence-corrected chi connectivity index (χ1v) is 12.8. The van der Waals surface area contributed by atoms with E-state index >= 15 is 0 Å². The standard InChI is InChI=1S/C22H25N7OS2/c1-13-24-19-18-15-9-5-6-10-16(15)32-20(18)28-21(29(19)27-13)25-26-22(28)31-12-17(30)23-11-14-7-3-2-4-8-14/h2-4,7-8,13,19,24,27H,5-6,9-12H2,1H3,(H,23,30). The van der Waals surface area contributed by atoms with Crippen LogP contribution in [0, 0.1) is 0 Å². The predicted octanol–water partition coefficient (Wildman–Crippen LogP) is 2.89. The van der Waals surface area contributed by atoms with Crippen LogP contribution in [0.3, 0.4) is 0 Å². The fourth-order valence-electron chi connectivity index (χ4n) is 4.71. The van der Waals surface area contributed by atoms with Crippen LogP contribution in [-0.4, -0.2) is 32.6 Å². The summed E-state index contributed by atoms with van der Waals surface area (Å²) < 4.78 is 2.14. The summed E-state index contributed by atoms with van der Waals surface area (Å²) in [7, 11) is 0. The van der Waals surface area contributed by atoms with Gasteiger partial charge < -0.3 is 5.32 Å². The van der Waals surface area contributed by atoms with E-state index in [2.05, 4.69) is 42.8 Å². The zero-order chi connectivity index (χ0) is 21.7. The molecule has 3 aromatic rings. The zero-order valence-electron chi connectivity index (χ0n) is 17.8. The molecule has 0 spiro atoms. The highest BCUT2D eigenvalue weighted by Gasteiger charge is 2.43. The molecule has 1 aromatic carbocycles. The highest BCUT2D eigenvalue weighted by molar-refractivity contribution is 7.99. The van der Waals surface area contributed by atoms with E-state index in [-0.39, 0.29) is 18.2 Å². The van der Waals surface area contributed by atoms with Gasteiger partial charge in [0, 0.05) is 17.0 Å². The summed E-state index contributed by atoms with van der Waals surface area (Å²) in [5.41, 5.74) is 7.41. The molecule has 0 saturated carbocycles. The van der Waals surface area contributed by atoms with Crippen LogP contribution < -0.4 is 21.1 Å². The van der Waals surface area contributed by atoms with Gasteiger partial charge in [0.05, 0.1) is 11.9 Å².